The molecule has 1 N–H and O–H groups in total. The second-order valence-corrected chi connectivity index (χ2v) is 3.84. The third kappa shape index (κ3) is 3.90. The number of carbonyl (C=O) groups excluding carboxylic acids is 1. The number of rotatable bonds is 1. The molecular weight excluding hydrogens is 198 g/mol. The molecule has 0 bridgehead atoms. The number of terminal acetylenes is 1. The third-order valence-electron chi connectivity index (χ3n) is 1.88. The molecule has 0 aliphatic carbocycles. The Morgan fingerprint density at radius 3 is 2.50 bits per heavy atom. The molecule has 0 fully saturated rings. The highest BCUT2D eigenvalue weighted by Crippen LogP contribution is 1.98. The van der Waals surface area contributed by atoms with Gasteiger partial charge in [-0.25, -0.2) is 0 Å². The number of hydrogen-bond donors (Lipinski definition) is 1. The maximum Gasteiger partial charge on any atom is 0.297 e. The molecule has 0 aliphatic rings. The minimum absolute atomic E-state index is 0.369. The number of amides is 1. The van der Waals surface area contributed by atoms with Crippen LogP contribution in [0.1, 0.15) is 19.4 Å². The van der Waals surface area contributed by atoms with Crippen LogP contribution in [0, 0.1) is 24.2 Å². The maximum absolute atomic E-state index is 11.4. The highest BCUT2D eigenvalue weighted by Gasteiger charge is 2.14. The Balaban J connectivity index is 2.67. The average molecular weight is 211 g/mol. The van der Waals surface area contributed by atoms with Crippen molar-refractivity contribution < 1.29 is 4.79 Å². The zero-order chi connectivity index (χ0) is 12.0. The third-order valence-corrected chi connectivity index (χ3v) is 1.88. The van der Waals surface area contributed by atoms with Gasteiger partial charge in [0.05, 0.1) is 5.54 Å². The van der Waals surface area contributed by atoms with Crippen molar-refractivity contribution in [3.63, 3.8) is 0 Å². The summed E-state index contributed by atoms with van der Waals surface area (Å²) in [4.78, 5) is 11.4. The van der Waals surface area contributed by atoms with Crippen LogP contribution in [0.15, 0.2) is 30.3 Å². The predicted octanol–water partition coefficient (Wildman–Crippen LogP) is 1.57. The molecule has 0 aliphatic heterocycles. The van der Waals surface area contributed by atoms with Crippen molar-refractivity contribution in [1.29, 1.82) is 0 Å². The van der Waals surface area contributed by atoms with Crippen molar-refractivity contribution in [1.82, 2.24) is 5.32 Å². The van der Waals surface area contributed by atoms with Gasteiger partial charge in [-0.15, -0.1) is 6.42 Å². The monoisotopic (exact) mass is 211 g/mol. The quantitative estimate of drug-likeness (QED) is 0.702. The molecule has 0 heterocycles. The van der Waals surface area contributed by atoms with Gasteiger partial charge < -0.3 is 5.32 Å². The van der Waals surface area contributed by atoms with Crippen molar-refractivity contribution in [3.8, 4) is 24.2 Å². The standard InChI is InChI=1S/C14H13NO/c1-4-14(2,3)15-13(16)11-10-12-8-6-5-7-9-12/h1,5-9H,2-3H3,(H,15,16). The number of hydrogen-bond acceptors (Lipinski definition) is 1. The minimum atomic E-state index is -0.664. The molecule has 80 valence electrons. The maximum atomic E-state index is 11.4. The SMILES string of the molecule is C#CC(C)(C)NC(=O)C#Cc1ccccc1. The van der Waals surface area contributed by atoms with Crippen LogP contribution in [-0.4, -0.2) is 11.4 Å². The summed E-state index contributed by atoms with van der Waals surface area (Å²) in [6.07, 6.45) is 5.25. The van der Waals surface area contributed by atoms with Crippen LogP contribution >= 0.6 is 0 Å². The first-order valence-electron chi connectivity index (χ1n) is 4.90. The number of carbonyl (C=O) groups is 1. The summed E-state index contributed by atoms with van der Waals surface area (Å²) in [6, 6.07) is 9.31. The van der Waals surface area contributed by atoms with Crippen LogP contribution in [0.5, 0.6) is 0 Å². The van der Waals surface area contributed by atoms with Crippen molar-refractivity contribution >= 4 is 5.91 Å². The first-order chi connectivity index (χ1) is 7.53. The van der Waals surface area contributed by atoms with Gasteiger partial charge in [-0.05, 0) is 26.0 Å². The fourth-order valence-electron chi connectivity index (χ4n) is 1.00. The van der Waals surface area contributed by atoms with Crippen LogP contribution in [0.25, 0.3) is 0 Å². The van der Waals surface area contributed by atoms with Gasteiger partial charge in [0.15, 0.2) is 0 Å². The van der Waals surface area contributed by atoms with Gasteiger partial charge in [0.1, 0.15) is 0 Å². The minimum Gasteiger partial charge on any atom is -0.329 e. The molecule has 1 rings (SSSR count). The van der Waals surface area contributed by atoms with E-state index < -0.39 is 5.54 Å². The van der Waals surface area contributed by atoms with Crippen LogP contribution in [0.2, 0.25) is 0 Å². The van der Waals surface area contributed by atoms with E-state index >= 15 is 0 Å². The molecule has 1 aromatic carbocycles. The lowest BCUT2D eigenvalue weighted by Crippen LogP contribution is -2.41. The molecule has 0 spiro atoms. The molecule has 0 saturated carbocycles. The highest BCUT2D eigenvalue weighted by atomic mass is 16.1. The Morgan fingerprint density at radius 1 is 1.31 bits per heavy atom. The van der Waals surface area contributed by atoms with E-state index in [0.29, 0.717) is 0 Å². The Bertz CT molecular complexity index is 469. The van der Waals surface area contributed by atoms with Gasteiger partial charge >= 0.3 is 0 Å². The van der Waals surface area contributed by atoms with E-state index in [1.807, 2.05) is 30.3 Å². The van der Waals surface area contributed by atoms with Gasteiger partial charge in [-0.1, -0.05) is 30.0 Å². The molecule has 0 aromatic heterocycles. The lowest BCUT2D eigenvalue weighted by molar-refractivity contribution is -0.116. The van der Waals surface area contributed by atoms with Crippen LogP contribution in [-0.2, 0) is 4.79 Å². The summed E-state index contributed by atoms with van der Waals surface area (Å²) in [7, 11) is 0. The van der Waals surface area contributed by atoms with Crippen LogP contribution in [0.3, 0.4) is 0 Å². The molecule has 2 heteroatoms. The zero-order valence-corrected chi connectivity index (χ0v) is 9.37. The van der Waals surface area contributed by atoms with Gasteiger partial charge in [0.25, 0.3) is 5.91 Å². The highest BCUT2D eigenvalue weighted by molar-refractivity contribution is 5.94. The van der Waals surface area contributed by atoms with E-state index in [0.717, 1.165) is 5.56 Å². The smallest absolute Gasteiger partial charge is 0.297 e. The Morgan fingerprint density at radius 2 is 1.94 bits per heavy atom. The van der Waals surface area contributed by atoms with Gasteiger partial charge in [-0.2, -0.15) is 0 Å². The molecule has 1 aromatic rings. The summed E-state index contributed by atoms with van der Waals surface area (Å²) in [5.74, 6) is 7.36. The topological polar surface area (TPSA) is 29.1 Å². The van der Waals surface area contributed by atoms with Crippen LogP contribution < -0.4 is 5.32 Å². The van der Waals surface area contributed by atoms with Crippen LogP contribution in [0.4, 0.5) is 0 Å². The Hall–Kier alpha value is -2.19. The van der Waals surface area contributed by atoms with Crippen molar-refractivity contribution in [2.45, 2.75) is 19.4 Å². The molecule has 2 nitrogen and oxygen atoms in total. The fraction of sp³-hybridized carbons (Fsp3) is 0.214. The number of benzene rings is 1. The van der Waals surface area contributed by atoms with Gasteiger partial charge in [0.2, 0.25) is 0 Å². The summed E-state index contributed by atoms with van der Waals surface area (Å²) in [5.41, 5.74) is 0.138. The summed E-state index contributed by atoms with van der Waals surface area (Å²) >= 11 is 0. The summed E-state index contributed by atoms with van der Waals surface area (Å²) < 4.78 is 0. The van der Waals surface area contributed by atoms with E-state index in [9.17, 15) is 4.79 Å². The molecule has 1 amide bonds. The summed E-state index contributed by atoms with van der Waals surface area (Å²) in [5, 5.41) is 2.63. The van der Waals surface area contributed by atoms with E-state index in [1.54, 1.807) is 13.8 Å². The molecule has 0 unspecified atom stereocenters. The van der Waals surface area contributed by atoms with Crippen molar-refractivity contribution in [2.24, 2.45) is 0 Å². The average Bonchev–Trinajstić information content (AvgIpc) is 2.27. The summed E-state index contributed by atoms with van der Waals surface area (Å²) in [6.45, 7) is 3.49. The second kappa shape index (κ2) is 5.05. The van der Waals surface area contributed by atoms with E-state index in [4.69, 9.17) is 6.42 Å². The lowest BCUT2D eigenvalue weighted by atomic mass is 10.1. The van der Waals surface area contributed by atoms with E-state index in [1.165, 1.54) is 0 Å². The molecular formula is C14H13NO. The van der Waals surface area contributed by atoms with E-state index in [2.05, 4.69) is 23.1 Å². The fourth-order valence-corrected chi connectivity index (χ4v) is 1.00. The zero-order valence-electron chi connectivity index (χ0n) is 9.37. The van der Waals surface area contributed by atoms with Crippen molar-refractivity contribution in [3.05, 3.63) is 35.9 Å². The second-order valence-electron chi connectivity index (χ2n) is 3.84. The molecule has 0 saturated heterocycles. The lowest BCUT2D eigenvalue weighted by Gasteiger charge is -2.16. The molecule has 0 atom stereocenters. The van der Waals surface area contributed by atoms with E-state index in [-0.39, 0.29) is 5.91 Å². The molecule has 16 heavy (non-hydrogen) atoms. The van der Waals surface area contributed by atoms with Gasteiger partial charge in [0, 0.05) is 11.5 Å². The first-order valence-corrected chi connectivity index (χ1v) is 4.90. The Labute approximate surface area is 96.1 Å². The van der Waals surface area contributed by atoms with Gasteiger partial charge in [-0.3, -0.25) is 4.79 Å². The predicted molar refractivity (Wildman–Crippen MR) is 64.4 cm³/mol. The molecule has 0 radical (unpaired) electrons. The first kappa shape index (κ1) is 11.9. The number of nitrogens with one attached hydrogen (secondary N) is 1. The largest absolute Gasteiger partial charge is 0.329 e. The normalized spacial score (nSPS) is 9.56. The van der Waals surface area contributed by atoms with Crippen molar-refractivity contribution in [2.75, 3.05) is 0 Å². The Kier molecular flexibility index (Phi) is 3.75.